The number of nitrogens with zero attached hydrogens (tertiary/aromatic N) is 4. The first-order chi connectivity index (χ1) is 13.2. The van der Waals surface area contributed by atoms with Crippen LogP contribution in [-0.2, 0) is 9.47 Å². The fourth-order valence-corrected chi connectivity index (χ4v) is 3.73. The van der Waals surface area contributed by atoms with Gasteiger partial charge in [0.2, 0.25) is 0 Å². The van der Waals surface area contributed by atoms with Crippen molar-refractivity contribution in [2.75, 3.05) is 86.3 Å². The molecular weight excluding hydrogens is 469 g/mol. The van der Waals surface area contributed by atoms with Gasteiger partial charge in [-0.2, -0.15) is 0 Å². The number of guanidine groups is 1. The molecule has 28 heavy (non-hydrogen) atoms. The van der Waals surface area contributed by atoms with E-state index >= 15 is 0 Å². The topological polar surface area (TPSA) is 52.6 Å². The van der Waals surface area contributed by atoms with Crippen LogP contribution in [0.1, 0.15) is 32.6 Å². The van der Waals surface area contributed by atoms with Crippen LogP contribution in [0.15, 0.2) is 4.99 Å². The van der Waals surface area contributed by atoms with Gasteiger partial charge in [-0.3, -0.25) is 4.99 Å². The standard InChI is InChI=1S/C20H41N5O2.HI/c1-4-21-20(22-9-14-24-11-5-10-23(2)15-16-24)25-12-7-19(8-13-25)27-18-6-17-26-3;/h19H,4-18H2,1-3H3,(H,21,22);1H. The van der Waals surface area contributed by atoms with Gasteiger partial charge in [0.25, 0.3) is 0 Å². The molecule has 0 unspecified atom stereocenters. The summed E-state index contributed by atoms with van der Waals surface area (Å²) in [4.78, 5) is 12.3. The molecule has 2 rings (SSSR count). The van der Waals surface area contributed by atoms with Gasteiger partial charge in [-0.1, -0.05) is 0 Å². The lowest BCUT2D eigenvalue weighted by molar-refractivity contribution is 0.00990. The molecule has 0 radical (unpaired) electrons. The summed E-state index contributed by atoms with van der Waals surface area (Å²) in [6, 6.07) is 0. The minimum absolute atomic E-state index is 0. The van der Waals surface area contributed by atoms with Gasteiger partial charge < -0.3 is 29.5 Å². The van der Waals surface area contributed by atoms with Gasteiger partial charge in [0.15, 0.2) is 5.96 Å². The van der Waals surface area contributed by atoms with Gasteiger partial charge in [0.1, 0.15) is 0 Å². The van der Waals surface area contributed by atoms with Crippen LogP contribution in [0.5, 0.6) is 0 Å². The Kier molecular flexibility index (Phi) is 14.5. The Hall–Kier alpha value is -0.160. The number of halogens is 1. The number of hydrogen-bond acceptors (Lipinski definition) is 5. The zero-order valence-electron chi connectivity index (χ0n) is 18.2. The monoisotopic (exact) mass is 511 g/mol. The van der Waals surface area contributed by atoms with Crippen molar-refractivity contribution in [3.63, 3.8) is 0 Å². The number of likely N-dealkylation sites (tertiary alicyclic amines) is 1. The highest BCUT2D eigenvalue weighted by molar-refractivity contribution is 14.0. The van der Waals surface area contributed by atoms with Crippen LogP contribution in [0.3, 0.4) is 0 Å². The van der Waals surface area contributed by atoms with Crippen molar-refractivity contribution in [2.24, 2.45) is 4.99 Å². The zero-order chi connectivity index (χ0) is 19.3. The van der Waals surface area contributed by atoms with Crippen molar-refractivity contribution in [3.05, 3.63) is 0 Å². The van der Waals surface area contributed by atoms with E-state index in [9.17, 15) is 0 Å². The van der Waals surface area contributed by atoms with Gasteiger partial charge in [0.05, 0.1) is 12.6 Å². The summed E-state index contributed by atoms with van der Waals surface area (Å²) in [7, 11) is 3.96. The molecule has 0 spiro atoms. The molecule has 0 aliphatic carbocycles. The van der Waals surface area contributed by atoms with E-state index in [4.69, 9.17) is 14.5 Å². The third-order valence-electron chi connectivity index (χ3n) is 5.41. The lowest BCUT2D eigenvalue weighted by Crippen LogP contribution is -2.47. The van der Waals surface area contributed by atoms with Crippen molar-refractivity contribution in [3.8, 4) is 0 Å². The molecule has 2 aliphatic rings. The summed E-state index contributed by atoms with van der Waals surface area (Å²) in [5.41, 5.74) is 0. The molecular formula is C20H42IN5O2. The molecule has 0 amide bonds. The van der Waals surface area contributed by atoms with Gasteiger partial charge in [-0.05, 0) is 52.7 Å². The van der Waals surface area contributed by atoms with Crippen LogP contribution in [0.25, 0.3) is 0 Å². The SMILES string of the molecule is CCNC(=NCCN1CCCN(C)CC1)N1CCC(OCCCOC)CC1.I. The summed E-state index contributed by atoms with van der Waals surface area (Å²) in [5, 5.41) is 3.48. The second-order valence-corrected chi connectivity index (χ2v) is 7.64. The lowest BCUT2D eigenvalue weighted by Gasteiger charge is -2.34. The molecule has 2 aliphatic heterocycles. The van der Waals surface area contributed by atoms with Gasteiger partial charge >= 0.3 is 0 Å². The molecule has 0 bridgehead atoms. The number of aliphatic imine (C=N–C) groups is 1. The first-order valence-electron chi connectivity index (χ1n) is 10.8. The van der Waals surface area contributed by atoms with E-state index in [1.54, 1.807) is 7.11 Å². The molecule has 2 fully saturated rings. The summed E-state index contributed by atoms with van der Waals surface area (Å²) in [6.07, 6.45) is 4.78. The smallest absolute Gasteiger partial charge is 0.193 e. The number of piperidine rings is 1. The van der Waals surface area contributed by atoms with E-state index < -0.39 is 0 Å². The van der Waals surface area contributed by atoms with Gasteiger partial charge in [0, 0.05) is 59.6 Å². The van der Waals surface area contributed by atoms with E-state index in [1.807, 2.05) is 0 Å². The summed E-state index contributed by atoms with van der Waals surface area (Å²) < 4.78 is 11.1. The summed E-state index contributed by atoms with van der Waals surface area (Å²) >= 11 is 0. The molecule has 166 valence electrons. The number of nitrogens with one attached hydrogen (secondary N) is 1. The number of likely N-dealkylation sites (N-methyl/N-ethyl adjacent to an activating group) is 1. The van der Waals surface area contributed by atoms with Crippen LogP contribution in [0.4, 0.5) is 0 Å². The molecule has 0 aromatic carbocycles. The highest BCUT2D eigenvalue weighted by Gasteiger charge is 2.22. The van der Waals surface area contributed by atoms with Crippen LogP contribution in [0, 0.1) is 0 Å². The maximum atomic E-state index is 5.98. The Morgan fingerprint density at radius 3 is 2.57 bits per heavy atom. The van der Waals surface area contributed by atoms with E-state index in [0.29, 0.717) is 6.10 Å². The fourth-order valence-electron chi connectivity index (χ4n) is 3.73. The minimum Gasteiger partial charge on any atom is -0.385 e. The Balaban J connectivity index is 0.00000392. The van der Waals surface area contributed by atoms with Crippen molar-refractivity contribution in [1.29, 1.82) is 0 Å². The molecule has 8 heteroatoms. The first-order valence-corrected chi connectivity index (χ1v) is 10.8. The highest BCUT2D eigenvalue weighted by Crippen LogP contribution is 2.14. The zero-order valence-corrected chi connectivity index (χ0v) is 20.5. The Morgan fingerprint density at radius 1 is 1.07 bits per heavy atom. The molecule has 0 aromatic heterocycles. The molecule has 2 heterocycles. The van der Waals surface area contributed by atoms with Gasteiger partial charge in [-0.25, -0.2) is 0 Å². The average Bonchev–Trinajstić information content (AvgIpc) is 2.89. The van der Waals surface area contributed by atoms with Crippen LogP contribution < -0.4 is 5.32 Å². The Bertz CT molecular complexity index is 419. The van der Waals surface area contributed by atoms with Crippen molar-refractivity contribution in [1.82, 2.24) is 20.0 Å². The lowest BCUT2D eigenvalue weighted by atomic mass is 10.1. The molecule has 2 saturated heterocycles. The highest BCUT2D eigenvalue weighted by atomic mass is 127. The van der Waals surface area contributed by atoms with Crippen molar-refractivity contribution < 1.29 is 9.47 Å². The average molecular weight is 511 g/mol. The quantitative estimate of drug-likeness (QED) is 0.220. The second-order valence-electron chi connectivity index (χ2n) is 7.64. The van der Waals surface area contributed by atoms with Crippen LogP contribution >= 0.6 is 24.0 Å². The predicted octanol–water partition coefficient (Wildman–Crippen LogP) is 1.72. The first kappa shape index (κ1) is 25.9. The third-order valence-corrected chi connectivity index (χ3v) is 5.41. The third kappa shape index (κ3) is 10.0. The summed E-state index contributed by atoms with van der Waals surface area (Å²) in [6.45, 7) is 13.4. The molecule has 0 saturated carbocycles. The number of ether oxygens (including phenoxy) is 2. The summed E-state index contributed by atoms with van der Waals surface area (Å²) in [5.74, 6) is 1.07. The second kappa shape index (κ2) is 15.6. The van der Waals surface area contributed by atoms with E-state index in [2.05, 4.69) is 34.0 Å². The van der Waals surface area contributed by atoms with Gasteiger partial charge in [-0.15, -0.1) is 24.0 Å². The van der Waals surface area contributed by atoms with E-state index in [1.165, 1.54) is 26.1 Å². The molecule has 7 nitrogen and oxygen atoms in total. The number of rotatable bonds is 9. The number of hydrogen-bond donors (Lipinski definition) is 1. The van der Waals surface area contributed by atoms with E-state index in [0.717, 1.165) is 77.7 Å². The largest absolute Gasteiger partial charge is 0.385 e. The predicted molar refractivity (Wildman–Crippen MR) is 127 cm³/mol. The Labute approximate surface area is 189 Å². The normalized spacial score (nSPS) is 20.7. The number of methoxy groups -OCH3 is 1. The Morgan fingerprint density at radius 2 is 1.86 bits per heavy atom. The van der Waals surface area contributed by atoms with Crippen LogP contribution in [0.2, 0.25) is 0 Å². The van der Waals surface area contributed by atoms with E-state index in [-0.39, 0.29) is 24.0 Å². The van der Waals surface area contributed by atoms with Crippen molar-refractivity contribution in [2.45, 2.75) is 38.7 Å². The molecule has 1 N–H and O–H groups in total. The van der Waals surface area contributed by atoms with Crippen LogP contribution in [-0.4, -0.2) is 113 Å². The molecule has 0 atom stereocenters. The fraction of sp³-hybridized carbons (Fsp3) is 0.950. The molecule has 0 aromatic rings. The maximum Gasteiger partial charge on any atom is 0.193 e. The maximum absolute atomic E-state index is 5.98. The van der Waals surface area contributed by atoms with Crippen molar-refractivity contribution >= 4 is 29.9 Å². The minimum atomic E-state index is 0.